The third kappa shape index (κ3) is 3.89. The molecule has 2 aromatic rings. The van der Waals surface area contributed by atoms with Crippen molar-refractivity contribution in [1.29, 1.82) is 0 Å². The van der Waals surface area contributed by atoms with E-state index in [0.717, 1.165) is 31.8 Å². The maximum Gasteiger partial charge on any atom is 0.242 e. The Bertz CT molecular complexity index is 669. The third-order valence-corrected chi connectivity index (χ3v) is 4.33. The SMILES string of the molecule is C[C@H](NC[C@@H]1CCCn2ccnc21)C(=O)Nc1ccc(Cl)cn1. The molecule has 2 aromatic heterocycles. The summed E-state index contributed by atoms with van der Waals surface area (Å²) in [6.07, 6.45) is 7.61. The van der Waals surface area contributed by atoms with Crippen LogP contribution in [0, 0.1) is 0 Å². The first-order valence-electron chi connectivity index (χ1n) is 7.80. The second-order valence-electron chi connectivity index (χ2n) is 5.80. The molecule has 3 rings (SSSR count). The number of fused-ring (bicyclic) bond motifs is 1. The topological polar surface area (TPSA) is 71.8 Å². The van der Waals surface area contributed by atoms with Crippen LogP contribution in [0.5, 0.6) is 0 Å². The van der Waals surface area contributed by atoms with Gasteiger partial charge in [-0.2, -0.15) is 0 Å². The molecule has 0 radical (unpaired) electrons. The molecule has 1 aliphatic rings. The monoisotopic (exact) mass is 333 g/mol. The molecular formula is C16H20ClN5O. The van der Waals surface area contributed by atoms with Crippen LogP contribution in [-0.2, 0) is 11.3 Å². The minimum atomic E-state index is -0.308. The standard InChI is InChI=1S/C16H20ClN5O/c1-11(16(23)21-14-5-4-13(17)10-20-14)19-9-12-3-2-7-22-8-6-18-15(12)22/h4-6,8,10-12,19H,2-3,7,9H2,1H3,(H,20,21,23)/t11-,12-/m0/s1. The lowest BCUT2D eigenvalue weighted by molar-refractivity contribution is -0.117. The van der Waals surface area contributed by atoms with Gasteiger partial charge in [-0.15, -0.1) is 0 Å². The second-order valence-corrected chi connectivity index (χ2v) is 6.24. The fraction of sp³-hybridized carbons (Fsp3) is 0.438. The van der Waals surface area contributed by atoms with E-state index in [1.165, 1.54) is 6.20 Å². The summed E-state index contributed by atoms with van der Waals surface area (Å²) >= 11 is 5.78. The van der Waals surface area contributed by atoms with Crippen molar-refractivity contribution in [1.82, 2.24) is 19.9 Å². The summed E-state index contributed by atoms with van der Waals surface area (Å²) in [4.78, 5) is 20.7. The van der Waals surface area contributed by atoms with Crippen molar-refractivity contribution in [2.75, 3.05) is 11.9 Å². The Balaban J connectivity index is 1.52. The summed E-state index contributed by atoms with van der Waals surface area (Å²) in [7, 11) is 0. The van der Waals surface area contributed by atoms with Gasteiger partial charge in [-0.05, 0) is 31.9 Å². The van der Waals surface area contributed by atoms with Gasteiger partial charge in [0.25, 0.3) is 0 Å². The van der Waals surface area contributed by atoms with Crippen LogP contribution in [-0.4, -0.2) is 33.0 Å². The zero-order valence-corrected chi connectivity index (χ0v) is 13.8. The number of anilines is 1. The van der Waals surface area contributed by atoms with E-state index in [4.69, 9.17) is 11.6 Å². The Morgan fingerprint density at radius 1 is 1.48 bits per heavy atom. The quantitative estimate of drug-likeness (QED) is 0.881. The van der Waals surface area contributed by atoms with Gasteiger partial charge in [-0.3, -0.25) is 4.79 Å². The molecule has 2 atom stereocenters. The smallest absolute Gasteiger partial charge is 0.242 e. The van der Waals surface area contributed by atoms with Crippen LogP contribution in [0.15, 0.2) is 30.7 Å². The molecule has 0 bridgehead atoms. The number of imidazole rings is 1. The van der Waals surface area contributed by atoms with Crippen LogP contribution in [0.2, 0.25) is 5.02 Å². The molecule has 0 fully saturated rings. The minimum Gasteiger partial charge on any atom is -0.335 e. The number of pyridine rings is 1. The summed E-state index contributed by atoms with van der Waals surface area (Å²) in [5, 5.41) is 6.62. The first-order chi connectivity index (χ1) is 11.1. The minimum absolute atomic E-state index is 0.112. The van der Waals surface area contributed by atoms with Crippen LogP contribution in [0.4, 0.5) is 5.82 Å². The largest absolute Gasteiger partial charge is 0.335 e. The fourth-order valence-electron chi connectivity index (χ4n) is 2.80. The molecule has 122 valence electrons. The van der Waals surface area contributed by atoms with E-state index in [1.807, 2.05) is 19.3 Å². The normalized spacial score (nSPS) is 18.3. The molecule has 6 nitrogen and oxygen atoms in total. The number of halogens is 1. The third-order valence-electron chi connectivity index (χ3n) is 4.11. The number of amides is 1. The van der Waals surface area contributed by atoms with Crippen molar-refractivity contribution in [2.24, 2.45) is 0 Å². The number of carbonyl (C=O) groups is 1. The van der Waals surface area contributed by atoms with Crippen LogP contribution < -0.4 is 10.6 Å². The van der Waals surface area contributed by atoms with E-state index in [9.17, 15) is 4.79 Å². The molecule has 0 aromatic carbocycles. The Labute approximate surface area is 140 Å². The lowest BCUT2D eigenvalue weighted by atomic mass is 9.98. The van der Waals surface area contributed by atoms with Gasteiger partial charge in [0.15, 0.2) is 0 Å². The number of carbonyl (C=O) groups excluding carboxylic acids is 1. The van der Waals surface area contributed by atoms with Crippen LogP contribution in [0.1, 0.15) is 31.5 Å². The zero-order valence-electron chi connectivity index (χ0n) is 13.0. The lowest BCUT2D eigenvalue weighted by Gasteiger charge is -2.25. The van der Waals surface area contributed by atoms with Gasteiger partial charge in [0.05, 0.1) is 11.1 Å². The Kier molecular flexibility index (Phi) is 4.93. The highest BCUT2D eigenvalue weighted by Gasteiger charge is 2.23. The summed E-state index contributed by atoms with van der Waals surface area (Å²) in [6.45, 7) is 3.62. The molecule has 7 heteroatoms. The molecule has 0 saturated carbocycles. The number of nitrogens with zero attached hydrogens (tertiary/aromatic N) is 3. The van der Waals surface area contributed by atoms with E-state index in [0.29, 0.717) is 16.8 Å². The first kappa shape index (κ1) is 16.0. The average molecular weight is 334 g/mol. The second kappa shape index (κ2) is 7.10. The number of rotatable bonds is 5. The number of aryl methyl sites for hydroxylation is 1. The van der Waals surface area contributed by atoms with Gasteiger partial charge < -0.3 is 15.2 Å². The highest BCUT2D eigenvalue weighted by atomic mass is 35.5. The zero-order chi connectivity index (χ0) is 16.2. The molecule has 1 amide bonds. The molecule has 0 saturated heterocycles. The number of hydrogen-bond donors (Lipinski definition) is 2. The number of nitrogens with one attached hydrogen (secondary N) is 2. The Hall–Kier alpha value is -1.92. The van der Waals surface area contributed by atoms with Crippen LogP contribution >= 0.6 is 11.6 Å². The molecule has 2 N–H and O–H groups in total. The Morgan fingerprint density at radius 2 is 2.35 bits per heavy atom. The van der Waals surface area contributed by atoms with E-state index < -0.39 is 0 Å². The molecule has 1 aliphatic heterocycles. The van der Waals surface area contributed by atoms with Crippen molar-refractivity contribution in [3.8, 4) is 0 Å². The highest BCUT2D eigenvalue weighted by molar-refractivity contribution is 6.30. The van der Waals surface area contributed by atoms with Crippen LogP contribution in [0.3, 0.4) is 0 Å². The average Bonchev–Trinajstić information content (AvgIpc) is 3.03. The molecular weight excluding hydrogens is 314 g/mol. The summed E-state index contributed by atoms with van der Waals surface area (Å²) in [5.74, 6) is 1.85. The van der Waals surface area contributed by atoms with E-state index in [1.54, 1.807) is 12.1 Å². The Morgan fingerprint density at radius 3 is 3.13 bits per heavy atom. The first-order valence-corrected chi connectivity index (χ1v) is 8.18. The highest BCUT2D eigenvalue weighted by Crippen LogP contribution is 2.24. The number of hydrogen-bond acceptors (Lipinski definition) is 4. The number of aromatic nitrogens is 3. The molecule has 0 unspecified atom stereocenters. The van der Waals surface area contributed by atoms with Gasteiger partial charge in [-0.25, -0.2) is 9.97 Å². The van der Waals surface area contributed by atoms with Crippen molar-refractivity contribution >= 4 is 23.3 Å². The van der Waals surface area contributed by atoms with E-state index >= 15 is 0 Å². The van der Waals surface area contributed by atoms with Gasteiger partial charge >= 0.3 is 0 Å². The van der Waals surface area contributed by atoms with Gasteiger partial charge in [0.1, 0.15) is 11.6 Å². The van der Waals surface area contributed by atoms with Gasteiger partial charge in [0.2, 0.25) is 5.91 Å². The summed E-state index contributed by atoms with van der Waals surface area (Å²) < 4.78 is 2.19. The van der Waals surface area contributed by atoms with E-state index in [2.05, 4.69) is 25.2 Å². The van der Waals surface area contributed by atoms with E-state index in [-0.39, 0.29) is 11.9 Å². The summed E-state index contributed by atoms with van der Waals surface area (Å²) in [6, 6.07) is 3.08. The predicted octanol–water partition coefficient (Wildman–Crippen LogP) is 2.43. The van der Waals surface area contributed by atoms with Crippen molar-refractivity contribution in [3.63, 3.8) is 0 Å². The van der Waals surface area contributed by atoms with Crippen LogP contribution in [0.25, 0.3) is 0 Å². The molecule has 23 heavy (non-hydrogen) atoms. The van der Waals surface area contributed by atoms with Crippen molar-refractivity contribution in [2.45, 2.75) is 38.3 Å². The van der Waals surface area contributed by atoms with Gasteiger partial charge in [0, 0.05) is 37.6 Å². The maximum atomic E-state index is 12.2. The lowest BCUT2D eigenvalue weighted by Crippen LogP contribution is -2.41. The molecule has 0 spiro atoms. The maximum absolute atomic E-state index is 12.2. The summed E-state index contributed by atoms with van der Waals surface area (Å²) in [5.41, 5.74) is 0. The van der Waals surface area contributed by atoms with Crippen molar-refractivity contribution < 1.29 is 4.79 Å². The van der Waals surface area contributed by atoms with Gasteiger partial charge in [-0.1, -0.05) is 11.6 Å². The molecule has 0 aliphatic carbocycles. The fourth-order valence-corrected chi connectivity index (χ4v) is 2.91. The van der Waals surface area contributed by atoms with Crippen molar-refractivity contribution in [3.05, 3.63) is 41.6 Å². The molecule has 3 heterocycles. The predicted molar refractivity (Wildman–Crippen MR) is 89.5 cm³/mol.